The maximum atomic E-state index is 10.9. The van der Waals surface area contributed by atoms with Crippen molar-refractivity contribution >= 4 is 17.9 Å². The minimum atomic E-state index is -1.16. The van der Waals surface area contributed by atoms with Gasteiger partial charge in [-0.2, -0.15) is 0 Å². The molecule has 0 radical (unpaired) electrons. The summed E-state index contributed by atoms with van der Waals surface area (Å²) in [5, 5.41) is 10.4. The molecular weight excluding hydrogens is 244 g/mol. The Kier molecular flexibility index (Phi) is 3.02. The minimum Gasteiger partial charge on any atom is -0.486 e. The van der Waals surface area contributed by atoms with Crippen LogP contribution in [0.25, 0.3) is 0 Å². The number of halogens is 1. The van der Waals surface area contributed by atoms with Crippen LogP contribution in [0.4, 0.5) is 0 Å². The molecule has 1 aliphatic rings. The largest absolute Gasteiger partial charge is 0.486 e. The molecule has 17 heavy (non-hydrogen) atoms. The lowest BCUT2D eigenvalue weighted by Crippen LogP contribution is -2.23. The minimum absolute atomic E-state index is 0.295. The van der Waals surface area contributed by atoms with E-state index in [1.165, 1.54) is 6.07 Å². The van der Waals surface area contributed by atoms with Gasteiger partial charge in [0, 0.05) is 5.56 Å². The van der Waals surface area contributed by atoms with E-state index in [1.807, 2.05) is 0 Å². The van der Waals surface area contributed by atoms with Gasteiger partial charge in [-0.3, -0.25) is 4.79 Å². The monoisotopic (exact) mass is 256 g/mol. The quantitative estimate of drug-likeness (QED) is 0.824. The molecule has 0 aliphatic carbocycles. The van der Waals surface area contributed by atoms with Crippen LogP contribution in [0.15, 0.2) is 6.07 Å². The third-order valence-corrected chi connectivity index (χ3v) is 2.83. The topological polar surface area (TPSA) is 55.8 Å². The van der Waals surface area contributed by atoms with Crippen molar-refractivity contribution in [3.63, 3.8) is 0 Å². The van der Waals surface area contributed by atoms with Crippen molar-refractivity contribution in [1.29, 1.82) is 0 Å². The Morgan fingerprint density at radius 3 is 2.47 bits per heavy atom. The van der Waals surface area contributed by atoms with Gasteiger partial charge in [0.25, 0.3) is 0 Å². The van der Waals surface area contributed by atoms with Crippen LogP contribution in [0.2, 0.25) is 5.02 Å². The van der Waals surface area contributed by atoms with E-state index in [0.717, 1.165) is 0 Å². The third kappa shape index (κ3) is 2.10. The smallest absolute Gasteiger partial charge is 0.172 e. The molecule has 0 atom stereocenters. The molecule has 1 aromatic rings. The van der Waals surface area contributed by atoms with E-state index in [4.69, 9.17) is 21.1 Å². The number of hydrogen-bond acceptors (Lipinski definition) is 4. The summed E-state index contributed by atoms with van der Waals surface area (Å²) in [6, 6.07) is 1.48. The van der Waals surface area contributed by atoms with E-state index in [0.29, 0.717) is 47.1 Å². The average Bonchev–Trinajstić information content (AvgIpc) is 2.25. The van der Waals surface area contributed by atoms with Crippen LogP contribution in [-0.2, 0) is 5.60 Å². The van der Waals surface area contributed by atoms with E-state index >= 15 is 0 Å². The molecule has 0 saturated heterocycles. The van der Waals surface area contributed by atoms with Crippen LogP contribution in [-0.4, -0.2) is 24.6 Å². The fourth-order valence-electron chi connectivity index (χ4n) is 1.86. The van der Waals surface area contributed by atoms with Crippen molar-refractivity contribution in [2.45, 2.75) is 19.4 Å². The first-order chi connectivity index (χ1) is 7.95. The summed E-state index contributed by atoms with van der Waals surface area (Å²) in [6.07, 6.45) is 0.660. The lowest BCUT2D eigenvalue weighted by Gasteiger charge is -2.28. The first kappa shape index (κ1) is 12.2. The molecule has 1 aliphatic heterocycles. The van der Waals surface area contributed by atoms with Gasteiger partial charge in [-0.15, -0.1) is 0 Å². The first-order valence-corrected chi connectivity index (χ1v) is 5.63. The van der Waals surface area contributed by atoms with Gasteiger partial charge < -0.3 is 14.6 Å². The van der Waals surface area contributed by atoms with Gasteiger partial charge in [-0.25, -0.2) is 0 Å². The van der Waals surface area contributed by atoms with Gasteiger partial charge in [-0.05, 0) is 19.9 Å². The number of carbonyl (C=O) groups is 1. The zero-order valence-electron chi connectivity index (χ0n) is 9.62. The molecule has 0 bridgehead atoms. The van der Waals surface area contributed by atoms with Crippen molar-refractivity contribution in [2.75, 3.05) is 13.2 Å². The van der Waals surface area contributed by atoms with Gasteiger partial charge in [-0.1, -0.05) is 11.6 Å². The van der Waals surface area contributed by atoms with E-state index in [-0.39, 0.29) is 0 Å². The number of aldehydes is 1. The number of rotatable bonds is 2. The molecule has 0 fully saturated rings. The van der Waals surface area contributed by atoms with Crippen molar-refractivity contribution in [3.8, 4) is 11.5 Å². The SMILES string of the molecule is CC(C)(O)c1c(Cl)cc(C=O)c2c1OCCO2. The maximum Gasteiger partial charge on any atom is 0.172 e. The van der Waals surface area contributed by atoms with Crippen LogP contribution in [0.5, 0.6) is 11.5 Å². The Hall–Kier alpha value is -1.26. The van der Waals surface area contributed by atoms with Gasteiger partial charge in [0.15, 0.2) is 17.8 Å². The van der Waals surface area contributed by atoms with E-state index < -0.39 is 5.60 Å². The molecule has 1 heterocycles. The van der Waals surface area contributed by atoms with Crippen LogP contribution in [0.3, 0.4) is 0 Å². The summed E-state index contributed by atoms with van der Waals surface area (Å²) in [6.45, 7) is 3.95. The Morgan fingerprint density at radius 1 is 1.35 bits per heavy atom. The summed E-state index contributed by atoms with van der Waals surface area (Å²) in [7, 11) is 0. The molecule has 0 spiro atoms. The number of ether oxygens (including phenoxy) is 2. The summed E-state index contributed by atoms with van der Waals surface area (Å²) in [5.74, 6) is 0.714. The summed E-state index contributed by atoms with van der Waals surface area (Å²) < 4.78 is 10.9. The first-order valence-electron chi connectivity index (χ1n) is 5.25. The normalized spacial score (nSPS) is 14.6. The Balaban J connectivity index is 2.72. The summed E-state index contributed by atoms with van der Waals surface area (Å²) in [5.41, 5.74) is -0.388. The molecular formula is C12H13ClO4. The number of carbonyl (C=O) groups excluding carboxylic acids is 1. The second-order valence-corrected chi connectivity index (χ2v) is 4.76. The van der Waals surface area contributed by atoms with Crippen LogP contribution in [0, 0.1) is 0 Å². The average molecular weight is 257 g/mol. The molecule has 92 valence electrons. The molecule has 0 amide bonds. The number of benzene rings is 1. The van der Waals surface area contributed by atoms with E-state index in [1.54, 1.807) is 13.8 Å². The summed E-state index contributed by atoms with van der Waals surface area (Å²) >= 11 is 6.08. The highest BCUT2D eigenvalue weighted by atomic mass is 35.5. The van der Waals surface area contributed by atoms with E-state index in [9.17, 15) is 9.90 Å². The van der Waals surface area contributed by atoms with Crippen LogP contribution in [0.1, 0.15) is 29.8 Å². The molecule has 2 rings (SSSR count). The highest BCUT2D eigenvalue weighted by Gasteiger charge is 2.31. The Morgan fingerprint density at radius 2 is 1.94 bits per heavy atom. The highest BCUT2D eigenvalue weighted by Crippen LogP contribution is 2.45. The second-order valence-electron chi connectivity index (χ2n) is 4.35. The predicted molar refractivity (Wildman–Crippen MR) is 63.1 cm³/mol. The summed E-state index contributed by atoms with van der Waals surface area (Å²) in [4.78, 5) is 10.9. The zero-order chi connectivity index (χ0) is 12.6. The molecule has 0 saturated carbocycles. The molecule has 0 aromatic heterocycles. The Bertz CT molecular complexity index is 463. The Labute approximate surface area is 104 Å². The van der Waals surface area contributed by atoms with Gasteiger partial charge in [0.2, 0.25) is 0 Å². The molecule has 0 unspecified atom stereocenters. The van der Waals surface area contributed by atoms with E-state index in [2.05, 4.69) is 0 Å². The van der Waals surface area contributed by atoms with Gasteiger partial charge in [0.05, 0.1) is 16.2 Å². The van der Waals surface area contributed by atoms with Crippen molar-refractivity contribution in [1.82, 2.24) is 0 Å². The van der Waals surface area contributed by atoms with Crippen molar-refractivity contribution < 1.29 is 19.4 Å². The van der Waals surface area contributed by atoms with Crippen molar-refractivity contribution in [3.05, 3.63) is 22.2 Å². The highest BCUT2D eigenvalue weighted by molar-refractivity contribution is 6.32. The maximum absolute atomic E-state index is 10.9. The fraction of sp³-hybridized carbons (Fsp3) is 0.417. The molecule has 4 nitrogen and oxygen atoms in total. The number of fused-ring (bicyclic) bond motifs is 1. The molecule has 1 aromatic carbocycles. The lowest BCUT2D eigenvalue weighted by atomic mass is 9.95. The standard InChI is InChI=1S/C12H13ClO4/c1-12(2,15)9-8(13)5-7(6-14)10-11(9)17-4-3-16-10/h5-6,15H,3-4H2,1-2H3. The van der Waals surface area contributed by atoms with Crippen molar-refractivity contribution in [2.24, 2.45) is 0 Å². The third-order valence-electron chi connectivity index (χ3n) is 2.53. The molecule has 5 heteroatoms. The van der Waals surface area contributed by atoms with Gasteiger partial charge in [0.1, 0.15) is 13.2 Å². The second kappa shape index (κ2) is 4.20. The number of hydrogen-bond donors (Lipinski definition) is 1. The fourth-order valence-corrected chi connectivity index (χ4v) is 2.29. The predicted octanol–water partition coefficient (Wildman–Crippen LogP) is 2.15. The van der Waals surface area contributed by atoms with Crippen LogP contribution >= 0.6 is 11.6 Å². The lowest BCUT2D eigenvalue weighted by molar-refractivity contribution is 0.0701. The number of aliphatic hydroxyl groups is 1. The van der Waals surface area contributed by atoms with Gasteiger partial charge >= 0.3 is 0 Å². The molecule has 1 N–H and O–H groups in total. The van der Waals surface area contributed by atoms with Crippen LogP contribution < -0.4 is 9.47 Å². The zero-order valence-corrected chi connectivity index (χ0v) is 10.4.